The van der Waals surface area contributed by atoms with Crippen LogP contribution in [-0.2, 0) is 4.74 Å². The monoisotopic (exact) mass is 267 g/mol. The second-order valence-electron chi connectivity index (χ2n) is 5.92. The zero-order chi connectivity index (χ0) is 14.5. The van der Waals surface area contributed by atoms with Crippen LogP contribution in [0.2, 0.25) is 0 Å². The quantitative estimate of drug-likeness (QED) is 0.736. The van der Waals surface area contributed by atoms with E-state index < -0.39 is 5.60 Å². The fourth-order valence-corrected chi connectivity index (χ4v) is 2.33. The van der Waals surface area contributed by atoms with Gasteiger partial charge in [0.25, 0.3) is 0 Å². The summed E-state index contributed by atoms with van der Waals surface area (Å²) in [4.78, 5) is 15.9. The molecule has 0 aromatic heterocycles. The molecule has 5 nitrogen and oxygen atoms in total. The van der Waals surface area contributed by atoms with Gasteiger partial charge in [-0.2, -0.15) is 5.26 Å². The maximum absolute atomic E-state index is 11.9. The normalized spacial score (nSPS) is 17.4. The molecular formula is C14H25N3O2. The van der Waals surface area contributed by atoms with Gasteiger partial charge in [-0.1, -0.05) is 6.92 Å². The molecule has 5 heteroatoms. The van der Waals surface area contributed by atoms with Crippen LogP contribution in [0.5, 0.6) is 0 Å². The molecule has 0 aromatic rings. The van der Waals surface area contributed by atoms with Gasteiger partial charge < -0.3 is 9.64 Å². The standard InChI is InChI=1S/C14H25N3O2/c1-5-16(11-8-15)12-6-9-17(10-7-12)13(18)19-14(2,3)4/h12H,5-7,9-11H2,1-4H3. The van der Waals surface area contributed by atoms with Crippen LogP contribution in [0.4, 0.5) is 4.79 Å². The molecule has 0 saturated carbocycles. The number of hydrogen-bond acceptors (Lipinski definition) is 4. The van der Waals surface area contributed by atoms with Gasteiger partial charge in [-0.25, -0.2) is 4.79 Å². The summed E-state index contributed by atoms with van der Waals surface area (Å²) in [7, 11) is 0. The number of piperidine rings is 1. The van der Waals surface area contributed by atoms with Crippen LogP contribution in [-0.4, -0.2) is 53.7 Å². The third-order valence-corrected chi connectivity index (χ3v) is 3.31. The number of nitrogens with zero attached hydrogens (tertiary/aromatic N) is 3. The molecule has 0 radical (unpaired) electrons. The predicted molar refractivity (Wildman–Crippen MR) is 73.7 cm³/mol. The molecule has 1 rings (SSSR count). The molecule has 1 aliphatic rings. The van der Waals surface area contributed by atoms with Gasteiger partial charge in [0.1, 0.15) is 5.60 Å². The molecule has 0 N–H and O–H groups in total. The molecule has 0 aliphatic carbocycles. The number of hydrogen-bond donors (Lipinski definition) is 0. The first-order valence-electron chi connectivity index (χ1n) is 6.96. The lowest BCUT2D eigenvalue weighted by Crippen LogP contribution is -2.48. The van der Waals surface area contributed by atoms with Crippen molar-refractivity contribution in [2.75, 3.05) is 26.2 Å². The molecule has 1 heterocycles. The number of ether oxygens (including phenoxy) is 1. The Morgan fingerprint density at radius 3 is 2.42 bits per heavy atom. The number of carbonyl (C=O) groups excluding carboxylic acids is 1. The van der Waals surface area contributed by atoms with Crippen molar-refractivity contribution in [2.24, 2.45) is 0 Å². The largest absolute Gasteiger partial charge is 0.444 e. The molecule has 108 valence electrons. The maximum atomic E-state index is 11.9. The van der Waals surface area contributed by atoms with E-state index in [0.29, 0.717) is 25.7 Å². The Balaban J connectivity index is 2.44. The van der Waals surface area contributed by atoms with Crippen molar-refractivity contribution in [3.63, 3.8) is 0 Å². The fourth-order valence-electron chi connectivity index (χ4n) is 2.33. The van der Waals surface area contributed by atoms with E-state index in [1.807, 2.05) is 20.8 Å². The first-order chi connectivity index (χ1) is 8.87. The summed E-state index contributed by atoms with van der Waals surface area (Å²) in [5.74, 6) is 0. The van der Waals surface area contributed by atoms with Crippen LogP contribution in [0.15, 0.2) is 0 Å². The molecule has 0 aromatic carbocycles. The first kappa shape index (κ1) is 15.8. The smallest absolute Gasteiger partial charge is 0.410 e. The van der Waals surface area contributed by atoms with Crippen molar-refractivity contribution < 1.29 is 9.53 Å². The van der Waals surface area contributed by atoms with Gasteiger partial charge in [0.2, 0.25) is 0 Å². The van der Waals surface area contributed by atoms with E-state index in [0.717, 1.165) is 19.4 Å². The Labute approximate surface area is 116 Å². The topological polar surface area (TPSA) is 56.6 Å². The third-order valence-electron chi connectivity index (χ3n) is 3.31. The molecule has 1 saturated heterocycles. The Morgan fingerprint density at radius 1 is 1.42 bits per heavy atom. The lowest BCUT2D eigenvalue weighted by Gasteiger charge is -2.37. The fraction of sp³-hybridized carbons (Fsp3) is 0.857. The Kier molecular flexibility index (Phi) is 5.61. The van der Waals surface area contributed by atoms with E-state index in [9.17, 15) is 4.79 Å². The minimum Gasteiger partial charge on any atom is -0.444 e. The minimum atomic E-state index is -0.440. The zero-order valence-corrected chi connectivity index (χ0v) is 12.5. The molecule has 0 unspecified atom stereocenters. The van der Waals surface area contributed by atoms with Crippen LogP contribution in [0, 0.1) is 11.3 Å². The minimum absolute atomic E-state index is 0.228. The van der Waals surface area contributed by atoms with Crippen molar-refractivity contribution in [1.29, 1.82) is 5.26 Å². The lowest BCUT2D eigenvalue weighted by atomic mass is 10.0. The predicted octanol–water partition coefficient (Wildman–Crippen LogP) is 2.23. The van der Waals surface area contributed by atoms with Gasteiger partial charge in [-0.15, -0.1) is 0 Å². The van der Waals surface area contributed by atoms with E-state index in [1.165, 1.54) is 0 Å². The van der Waals surface area contributed by atoms with Gasteiger partial charge in [0, 0.05) is 19.1 Å². The number of nitriles is 1. The van der Waals surface area contributed by atoms with Crippen molar-refractivity contribution in [3.05, 3.63) is 0 Å². The second kappa shape index (κ2) is 6.76. The van der Waals surface area contributed by atoms with E-state index in [-0.39, 0.29) is 6.09 Å². The van der Waals surface area contributed by atoms with Gasteiger partial charge in [0.15, 0.2) is 0 Å². The van der Waals surface area contributed by atoms with Gasteiger partial charge >= 0.3 is 6.09 Å². The van der Waals surface area contributed by atoms with E-state index in [2.05, 4.69) is 17.9 Å². The summed E-state index contributed by atoms with van der Waals surface area (Å²) in [6, 6.07) is 2.61. The summed E-state index contributed by atoms with van der Waals surface area (Å²) < 4.78 is 5.37. The van der Waals surface area contributed by atoms with Gasteiger partial charge in [0.05, 0.1) is 12.6 Å². The van der Waals surface area contributed by atoms with Crippen LogP contribution >= 0.6 is 0 Å². The average Bonchev–Trinajstić information content (AvgIpc) is 2.34. The number of amides is 1. The number of likely N-dealkylation sites (tertiary alicyclic amines) is 1. The average molecular weight is 267 g/mol. The SMILES string of the molecule is CCN(CC#N)C1CCN(C(=O)OC(C)(C)C)CC1. The molecule has 0 bridgehead atoms. The van der Waals surface area contributed by atoms with Crippen LogP contribution in [0.3, 0.4) is 0 Å². The van der Waals surface area contributed by atoms with Crippen molar-refractivity contribution in [3.8, 4) is 6.07 Å². The number of carbonyl (C=O) groups is 1. The van der Waals surface area contributed by atoms with Crippen molar-refractivity contribution in [1.82, 2.24) is 9.80 Å². The maximum Gasteiger partial charge on any atom is 0.410 e. The lowest BCUT2D eigenvalue weighted by molar-refractivity contribution is 0.0153. The third kappa shape index (κ3) is 5.07. The summed E-state index contributed by atoms with van der Waals surface area (Å²) in [5, 5.41) is 8.79. The molecule has 0 spiro atoms. The van der Waals surface area contributed by atoms with Crippen LogP contribution in [0.1, 0.15) is 40.5 Å². The second-order valence-corrected chi connectivity index (χ2v) is 5.92. The molecular weight excluding hydrogens is 242 g/mol. The Morgan fingerprint density at radius 2 is 2.00 bits per heavy atom. The highest BCUT2D eigenvalue weighted by molar-refractivity contribution is 5.68. The van der Waals surface area contributed by atoms with E-state index in [4.69, 9.17) is 10.00 Å². The molecule has 1 amide bonds. The molecule has 0 atom stereocenters. The van der Waals surface area contributed by atoms with Gasteiger partial charge in [-0.05, 0) is 40.2 Å². The Hall–Kier alpha value is -1.28. The molecule has 1 aliphatic heterocycles. The summed E-state index contributed by atoms with van der Waals surface area (Å²) in [5.41, 5.74) is -0.440. The summed E-state index contributed by atoms with van der Waals surface area (Å²) in [6.07, 6.45) is 1.60. The van der Waals surface area contributed by atoms with E-state index in [1.54, 1.807) is 4.90 Å². The van der Waals surface area contributed by atoms with Crippen LogP contribution in [0.25, 0.3) is 0 Å². The molecule has 19 heavy (non-hydrogen) atoms. The van der Waals surface area contributed by atoms with Crippen molar-refractivity contribution in [2.45, 2.75) is 52.2 Å². The summed E-state index contributed by atoms with van der Waals surface area (Å²) in [6.45, 7) is 10.5. The zero-order valence-electron chi connectivity index (χ0n) is 12.5. The van der Waals surface area contributed by atoms with Gasteiger partial charge in [-0.3, -0.25) is 4.90 Å². The number of rotatable bonds is 3. The highest BCUT2D eigenvalue weighted by Gasteiger charge is 2.28. The first-order valence-corrected chi connectivity index (χ1v) is 6.96. The van der Waals surface area contributed by atoms with Crippen molar-refractivity contribution >= 4 is 6.09 Å². The van der Waals surface area contributed by atoms with Crippen LogP contribution < -0.4 is 0 Å². The molecule has 1 fully saturated rings. The van der Waals surface area contributed by atoms with E-state index >= 15 is 0 Å². The summed E-state index contributed by atoms with van der Waals surface area (Å²) >= 11 is 0. The highest BCUT2D eigenvalue weighted by atomic mass is 16.6. The Bertz CT molecular complexity index is 336. The highest BCUT2D eigenvalue weighted by Crippen LogP contribution is 2.18.